The molecule has 1 atom stereocenters. The fraction of sp³-hybridized carbons (Fsp3) is 0.333. The van der Waals surface area contributed by atoms with Crippen molar-refractivity contribution in [3.63, 3.8) is 0 Å². The van der Waals surface area contributed by atoms with Gasteiger partial charge in [0.25, 0.3) is 0 Å². The van der Waals surface area contributed by atoms with Crippen LogP contribution in [0, 0.1) is 12.3 Å². The third-order valence-electron chi connectivity index (χ3n) is 5.91. The molecule has 2 aromatic carbocycles. The highest BCUT2D eigenvalue weighted by atomic mass is 35.5. The van der Waals surface area contributed by atoms with Gasteiger partial charge in [0.2, 0.25) is 0 Å². The van der Waals surface area contributed by atoms with E-state index in [0.29, 0.717) is 10.0 Å². The van der Waals surface area contributed by atoms with E-state index >= 15 is 0 Å². The van der Waals surface area contributed by atoms with Crippen molar-refractivity contribution in [2.45, 2.75) is 53.9 Å². The topological polar surface area (TPSA) is 0 Å². The molecule has 0 bridgehead atoms. The summed E-state index contributed by atoms with van der Waals surface area (Å²) in [6.45, 7) is 23.5. The Morgan fingerprint density at radius 1 is 0.897 bits per heavy atom. The zero-order chi connectivity index (χ0) is 22.1. The summed E-state index contributed by atoms with van der Waals surface area (Å²) in [6.07, 6.45) is 2.33. The Balaban J connectivity index is 2.76. The van der Waals surface area contributed by atoms with Crippen LogP contribution in [-0.4, -0.2) is 0 Å². The lowest BCUT2D eigenvalue weighted by Crippen LogP contribution is -2.35. The zero-order valence-electron chi connectivity index (χ0n) is 18.7. The van der Waals surface area contributed by atoms with Crippen LogP contribution in [0.15, 0.2) is 61.2 Å². The summed E-state index contributed by atoms with van der Waals surface area (Å²) in [5.41, 5.74) is 7.50. The third kappa shape index (κ3) is 5.05. The van der Waals surface area contributed by atoms with E-state index in [1.807, 2.05) is 19.1 Å². The highest BCUT2D eigenvalue weighted by Crippen LogP contribution is 2.46. The average molecular weight is 427 g/mol. The first-order chi connectivity index (χ1) is 13.3. The quantitative estimate of drug-likeness (QED) is 0.417. The molecule has 0 heterocycles. The number of aryl methyl sites for hydroxylation is 1. The predicted molar refractivity (Wildman–Crippen MR) is 132 cm³/mol. The Morgan fingerprint density at radius 3 is 1.86 bits per heavy atom. The van der Waals surface area contributed by atoms with Crippen molar-refractivity contribution in [2.75, 3.05) is 0 Å². The van der Waals surface area contributed by atoms with Gasteiger partial charge in [0.05, 0.1) is 0 Å². The molecule has 0 aromatic heterocycles. The van der Waals surface area contributed by atoms with Crippen molar-refractivity contribution in [3.8, 4) is 0 Å². The van der Waals surface area contributed by atoms with Crippen molar-refractivity contribution < 1.29 is 0 Å². The summed E-state index contributed by atoms with van der Waals surface area (Å²) >= 11 is 12.7. The normalized spacial score (nSPS) is 14.4. The van der Waals surface area contributed by atoms with Crippen molar-refractivity contribution in [3.05, 3.63) is 93.5 Å². The van der Waals surface area contributed by atoms with Gasteiger partial charge < -0.3 is 0 Å². The maximum absolute atomic E-state index is 6.36. The molecular weight excluding hydrogens is 395 g/mol. The van der Waals surface area contributed by atoms with Crippen molar-refractivity contribution in [1.29, 1.82) is 0 Å². The molecule has 2 heteroatoms. The molecule has 2 aromatic rings. The first-order valence-electron chi connectivity index (χ1n) is 9.88. The van der Waals surface area contributed by atoms with E-state index in [2.05, 4.69) is 79.0 Å². The first-order valence-corrected chi connectivity index (χ1v) is 10.6. The van der Waals surface area contributed by atoms with Crippen LogP contribution in [0.3, 0.4) is 0 Å². The minimum atomic E-state index is -0.309. The van der Waals surface area contributed by atoms with Gasteiger partial charge in [-0.05, 0) is 72.2 Å². The molecule has 0 N–H and O–H groups in total. The van der Waals surface area contributed by atoms with Crippen molar-refractivity contribution in [2.24, 2.45) is 5.41 Å². The Kier molecular flexibility index (Phi) is 6.93. The molecule has 0 saturated carbocycles. The molecule has 154 valence electrons. The van der Waals surface area contributed by atoms with Crippen LogP contribution in [0.4, 0.5) is 0 Å². The van der Waals surface area contributed by atoms with Gasteiger partial charge in [-0.1, -0.05) is 99.5 Å². The van der Waals surface area contributed by atoms with E-state index in [-0.39, 0.29) is 10.8 Å². The molecule has 1 unspecified atom stereocenters. The van der Waals surface area contributed by atoms with E-state index in [0.717, 1.165) is 27.8 Å². The number of allylic oxidation sites excluding steroid dienone is 4. The number of rotatable bonds is 5. The molecule has 0 amide bonds. The van der Waals surface area contributed by atoms with Gasteiger partial charge in [-0.2, -0.15) is 0 Å². The summed E-state index contributed by atoms with van der Waals surface area (Å²) in [6, 6.07) is 12.3. The lowest BCUT2D eigenvalue weighted by molar-refractivity contribution is 0.259. The summed E-state index contributed by atoms with van der Waals surface area (Å²) < 4.78 is 0. The van der Waals surface area contributed by atoms with Gasteiger partial charge in [0.15, 0.2) is 0 Å². The number of benzene rings is 2. The molecule has 0 fully saturated rings. The van der Waals surface area contributed by atoms with E-state index < -0.39 is 0 Å². The van der Waals surface area contributed by atoms with E-state index in [1.165, 1.54) is 11.1 Å². The van der Waals surface area contributed by atoms with Crippen molar-refractivity contribution >= 4 is 34.3 Å². The fourth-order valence-corrected chi connectivity index (χ4v) is 4.16. The molecular formula is C27H32Cl2. The third-order valence-corrected chi connectivity index (χ3v) is 6.35. The van der Waals surface area contributed by atoms with Crippen LogP contribution in [0.1, 0.15) is 63.8 Å². The van der Waals surface area contributed by atoms with Crippen LogP contribution >= 0.6 is 23.2 Å². The smallest absolute Gasteiger partial charge is 0.0423 e. The first kappa shape index (κ1) is 23.5. The standard InChI is InChI=1S/C27H32Cl2/c1-17(2)24-11-10-20(12-19(24)5)25(18(3)4)16-27(9,26(6,7)8)21-13-22(28)15-23(29)14-21/h10-16H,1,3H2,2,4-9H3/b25-16+. The van der Waals surface area contributed by atoms with Gasteiger partial charge in [0, 0.05) is 15.5 Å². The Morgan fingerprint density at radius 2 is 1.45 bits per heavy atom. The molecule has 0 spiro atoms. The van der Waals surface area contributed by atoms with Gasteiger partial charge in [-0.15, -0.1) is 0 Å². The van der Waals surface area contributed by atoms with Crippen molar-refractivity contribution in [1.82, 2.24) is 0 Å². The monoisotopic (exact) mass is 426 g/mol. The molecule has 0 aliphatic heterocycles. The molecule has 2 rings (SSSR count). The Bertz CT molecular complexity index is 966. The summed E-state index contributed by atoms with van der Waals surface area (Å²) in [4.78, 5) is 0. The number of hydrogen-bond donors (Lipinski definition) is 0. The molecule has 0 aliphatic rings. The van der Waals surface area contributed by atoms with Crippen LogP contribution in [0.5, 0.6) is 0 Å². The minimum absolute atomic E-state index is 0.0750. The highest BCUT2D eigenvalue weighted by molar-refractivity contribution is 6.34. The second kappa shape index (κ2) is 8.54. The second-order valence-corrected chi connectivity index (χ2v) is 10.1. The van der Waals surface area contributed by atoms with E-state index in [4.69, 9.17) is 23.2 Å². The summed E-state index contributed by atoms with van der Waals surface area (Å²) in [5.74, 6) is 0. The maximum Gasteiger partial charge on any atom is 0.0423 e. The second-order valence-electron chi connectivity index (χ2n) is 9.26. The summed E-state index contributed by atoms with van der Waals surface area (Å²) in [7, 11) is 0. The largest absolute Gasteiger partial charge is 0.0955 e. The molecule has 29 heavy (non-hydrogen) atoms. The average Bonchev–Trinajstić information content (AvgIpc) is 2.56. The lowest BCUT2D eigenvalue weighted by atomic mass is 9.62. The zero-order valence-corrected chi connectivity index (χ0v) is 20.2. The molecule has 0 saturated heterocycles. The van der Waals surface area contributed by atoms with E-state index in [9.17, 15) is 0 Å². The number of halogens is 2. The fourth-order valence-electron chi connectivity index (χ4n) is 3.64. The van der Waals surface area contributed by atoms with Gasteiger partial charge in [0.1, 0.15) is 0 Å². The molecule has 0 aliphatic carbocycles. The highest BCUT2D eigenvalue weighted by Gasteiger charge is 2.38. The van der Waals surface area contributed by atoms with Crippen LogP contribution in [0.2, 0.25) is 10.0 Å². The molecule has 0 radical (unpaired) electrons. The maximum atomic E-state index is 6.36. The minimum Gasteiger partial charge on any atom is -0.0955 e. The van der Waals surface area contributed by atoms with Gasteiger partial charge in [-0.3, -0.25) is 0 Å². The van der Waals surface area contributed by atoms with Gasteiger partial charge >= 0.3 is 0 Å². The Hall–Kier alpha value is -1.76. The van der Waals surface area contributed by atoms with Crippen LogP contribution in [0.25, 0.3) is 11.1 Å². The van der Waals surface area contributed by atoms with E-state index in [1.54, 1.807) is 6.07 Å². The van der Waals surface area contributed by atoms with Crippen LogP contribution in [-0.2, 0) is 5.41 Å². The van der Waals surface area contributed by atoms with Crippen LogP contribution < -0.4 is 0 Å². The predicted octanol–water partition coefficient (Wildman–Crippen LogP) is 9.30. The Labute approximate surface area is 187 Å². The SMILES string of the molecule is C=C(C)/C(=C\C(C)(c1cc(Cl)cc(Cl)c1)C(C)(C)C)c1ccc(C(=C)C)c(C)c1. The number of hydrogen-bond acceptors (Lipinski definition) is 0. The van der Waals surface area contributed by atoms with Gasteiger partial charge in [-0.25, -0.2) is 0 Å². The molecule has 0 nitrogen and oxygen atoms in total. The summed E-state index contributed by atoms with van der Waals surface area (Å²) in [5, 5.41) is 1.30. The lowest BCUT2D eigenvalue weighted by Gasteiger charge is -2.41.